The summed E-state index contributed by atoms with van der Waals surface area (Å²) in [5.74, 6) is 0. The normalized spacial score (nSPS) is 11.8. The zero-order valence-corrected chi connectivity index (χ0v) is 22.8. The maximum atomic E-state index is 4.30. The SMILES string of the molecule is c1ccc(-n2c3ccccc3c3ccc4cc5c(cc4c32)c2ccccc2n5-c2ccc(-c3cccnc3)cc2)cc1. The van der Waals surface area contributed by atoms with Crippen LogP contribution in [-0.4, -0.2) is 14.1 Å². The van der Waals surface area contributed by atoms with E-state index < -0.39 is 0 Å². The van der Waals surface area contributed by atoms with Gasteiger partial charge < -0.3 is 9.13 Å². The number of hydrogen-bond acceptors (Lipinski definition) is 1. The maximum absolute atomic E-state index is 4.30. The lowest BCUT2D eigenvalue weighted by Gasteiger charge is -2.12. The highest BCUT2D eigenvalue weighted by Gasteiger charge is 2.18. The molecule has 0 aliphatic carbocycles. The molecule has 0 saturated carbocycles. The first-order valence-corrected chi connectivity index (χ1v) is 14.3. The first kappa shape index (κ1) is 23.1. The molecule has 0 N–H and O–H groups in total. The number of benzene rings is 6. The van der Waals surface area contributed by atoms with Gasteiger partial charge in [0.15, 0.2) is 0 Å². The highest BCUT2D eigenvalue weighted by molar-refractivity contribution is 6.22. The van der Waals surface area contributed by atoms with Gasteiger partial charge in [0.25, 0.3) is 0 Å². The van der Waals surface area contributed by atoms with Crippen molar-refractivity contribution in [2.75, 3.05) is 0 Å². The van der Waals surface area contributed by atoms with Crippen LogP contribution in [0.1, 0.15) is 0 Å². The summed E-state index contributed by atoms with van der Waals surface area (Å²) in [5, 5.41) is 7.54. The van der Waals surface area contributed by atoms with Crippen molar-refractivity contribution in [3.05, 3.63) is 152 Å². The Morgan fingerprint density at radius 1 is 0.405 bits per heavy atom. The highest BCUT2D eigenvalue weighted by atomic mass is 15.0. The van der Waals surface area contributed by atoms with Crippen LogP contribution in [0.2, 0.25) is 0 Å². The van der Waals surface area contributed by atoms with Crippen molar-refractivity contribution < 1.29 is 0 Å². The zero-order chi connectivity index (χ0) is 27.6. The van der Waals surface area contributed by atoms with E-state index in [1.807, 2.05) is 18.5 Å². The molecule has 3 heterocycles. The van der Waals surface area contributed by atoms with Crippen molar-refractivity contribution in [2.24, 2.45) is 0 Å². The lowest BCUT2D eigenvalue weighted by Crippen LogP contribution is -1.95. The molecule has 0 spiro atoms. The standard InChI is InChI=1S/C39H25N3/c1-2-10-29(11-3-1)42-37-15-7-4-12-31(37)33-21-18-27-23-38-35(24-34(27)39(33)42)32-13-5-6-14-36(32)41(38)30-19-16-26(17-20-30)28-9-8-22-40-25-28/h1-25H. The Labute approximate surface area is 242 Å². The van der Waals surface area contributed by atoms with Gasteiger partial charge in [-0.1, -0.05) is 84.9 Å². The second-order valence-electron chi connectivity index (χ2n) is 10.9. The first-order valence-electron chi connectivity index (χ1n) is 14.3. The summed E-state index contributed by atoms with van der Waals surface area (Å²) in [4.78, 5) is 4.30. The summed E-state index contributed by atoms with van der Waals surface area (Å²) >= 11 is 0. The van der Waals surface area contributed by atoms with E-state index in [9.17, 15) is 0 Å². The minimum atomic E-state index is 1.12. The van der Waals surface area contributed by atoms with Crippen LogP contribution in [0.15, 0.2) is 152 Å². The van der Waals surface area contributed by atoms with Crippen LogP contribution in [0.3, 0.4) is 0 Å². The minimum absolute atomic E-state index is 1.12. The third-order valence-electron chi connectivity index (χ3n) is 8.58. The lowest BCUT2D eigenvalue weighted by atomic mass is 10.0. The van der Waals surface area contributed by atoms with Gasteiger partial charge in [0.05, 0.1) is 22.1 Å². The predicted molar refractivity (Wildman–Crippen MR) is 176 cm³/mol. The summed E-state index contributed by atoms with van der Waals surface area (Å²) in [6.07, 6.45) is 3.73. The van der Waals surface area contributed by atoms with Gasteiger partial charge in [0, 0.05) is 50.7 Å². The number of para-hydroxylation sites is 3. The molecule has 42 heavy (non-hydrogen) atoms. The summed E-state index contributed by atoms with van der Waals surface area (Å²) in [6, 6.07) is 50.5. The molecule has 0 aliphatic heterocycles. The van der Waals surface area contributed by atoms with Crippen LogP contribution in [0.5, 0.6) is 0 Å². The predicted octanol–water partition coefficient (Wildman–Crippen LogP) is 10.1. The highest BCUT2D eigenvalue weighted by Crippen LogP contribution is 2.40. The van der Waals surface area contributed by atoms with E-state index in [1.54, 1.807) is 0 Å². The fraction of sp³-hybridized carbons (Fsp3) is 0. The van der Waals surface area contributed by atoms with Crippen molar-refractivity contribution in [1.82, 2.24) is 14.1 Å². The smallest absolute Gasteiger partial charge is 0.0619 e. The zero-order valence-electron chi connectivity index (χ0n) is 22.8. The molecule has 0 radical (unpaired) electrons. The van der Waals surface area contributed by atoms with E-state index in [-0.39, 0.29) is 0 Å². The quantitative estimate of drug-likeness (QED) is 0.221. The van der Waals surface area contributed by atoms with Crippen molar-refractivity contribution in [2.45, 2.75) is 0 Å². The van der Waals surface area contributed by atoms with Crippen molar-refractivity contribution in [3.63, 3.8) is 0 Å². The average Bonchev–Trinajstić information content (AvgIpc) is 3.57. The summed E-state index contributed by atoms with van der Waals surface area (Å²) in [5.41, 5.74) is 9.49. The molecule has 3 nitrogen and oxygen atoms in total. The second-order valence-corrected chi connectivity index (χ2v) is 10.9. The van der Waals surface area contributed by atoms with Crippen molar-refractivity contribution in [1.29, 1.82) is 0 Å². The monoisotopic (exact) mass is 535 g/mol. The number of hydrogen-bond donors (Lipinski definition) is 0. The number of aromatic nitrogens is 3. The topological polar surface area (TPSA) is 22.8 Å². The van der Waals surface area contributed by atoms with Gasteiger partial charge in [-0.05, 0) is 71.1 Å². The Hall–Kier alpha value is -5.67. The Balaban J connectivity index is 1.36. The van der Waals surface area contributed by atoms with Crippen LogP contribution in [-0.2, 0) is 0 Å². The molecule has 6 aromatic carbocycles. The molecule has 0 aliphatic rings. The summed E-state index contributed by atoms with van der Waals surface area (Å²) in [6.45, 7) is 0. The van der Waals surface area contributed by atoms with Crippen LogP contribution >= 0.6 is 0 Å². The molecule has 0 fully saturated rings. The van der Waals surface area contributed by atoms with Gasteiger partial charge in [-0.3, -0.25) is 4.98 Å². The maximum Gasteiger partial charge on any atom is 0.0619 e. The Kier molecular flexibility index (Phi) is 4.90. The second kappa shape index (κ2) is 8.92. The molecular formula is C39H25N3. The van der Waals surface area contributed by atoms with Gasteiger partial charge in [0.2, 0.25) is 0 Å². The summed E-state index contributed by atoms with van der Waals surface area (Å²) in [7, 11) is 0. The molecule has 0 saturated heterocycles. The van der Waals surface area contributed by atoms with Gasteiger partial charge in [-0.15, -0.1) is 0 Å². The van der Waals surface area contributed by atoms with Crippen LogP contribution in [0, 0.1) is 0 Å². The van der Waals surface area contributed by atoms with Crippen molar-refractivity contribution >= 4 is 54.4 Å². The molecule has 0 bridgehead atoms. The van der Waals surface area contributed by atoms with Gasteiger partial charge in [-0.2, -0.15) is 0 Å². The van der Waals surface area contributed by atoms with E-state index >= 15 is 0 Å². The third-order valence-corrected chi connectivity index (χ3v) is 8.58. The molecule has 0 atom stereocenters. The molecule has 196 valence electrons. The van der Waals surface area contributed by atoms with Crippen molar-refractivity contribution in [3.8, 4) is 22.5 Å². The van der Waals surface area contributed by atoms with Gasteiger partial charge in [-0.25, -0.2) is 0 Å². The minimum Gasteiger partial charge on any atom is -0.309 e. The third kappa shape index (κ3) is 3.31. The average molecular weight is 536 g/mol. The van der Waals surface area contributed by atoms with Gasteiger partial charge >= 0.3 is 0 Å². The van der Waals surface area contributed by atoms with E-state index in [4.69, 9.17) is 0 Å². The van der Waals surface area contributed by atoms with E-state index in [1.165, 1.54) is 60.1 Å². The molecule has 0 unspecified atom stereocenters. The molecule has 3 aromatic heterocycles. The Morgan fingerprint density at radius 2 is 1.10 bits per heavy atom. The first-order chi connectivity index (χ1) is 20.8. The number of pyridine rings is 1. The van der Waals surface area contributed by atoms with Crippen LogP contribution < -0.4 is 0 Å². The van der Waals surface area contributed by atoms with E-state index in [2.05, 4.69) is 148 Å². The van der Waals surface area contributed by atoms with Gasteiger partial charge in [0.1, 0.15) is 0 Å². The Morgan fingerprint density at radius 3 is 1.86 bits per heavy atom. The lowest BCUT2D eigenvalue weighted by molar-refractivity contribution is 1.18. The largest absolute Gasteiger partial charge is 0.309 e. The van der Waals surface area contributed by atoms with Crippen LogP contribution in [0.25, 0.3) is 76.9 Å². The van der Waals surface area contributed by atoms with E-state index in [0.29, 0.717) is 0 Å². The number of fused-ring (bicyclic) bond motifs is 8. The summed E-state index contributed by atoms with van der Waals surface area (Å²) < 4.78 is 4.82. The molecule has 9 rings (SSSR count). The molecule has 0 amide bonds. The van der Waals surface area contributed by atoms with Crippen LogP contribution in [0.4, 0.5) is 0 Å². The fourth-order valence-corrected chi connectivity index (χ4v) is 6.71. The Bertz CT molecular complexity index is 2430. The van der Waals surface area contributed by atoms with E-state index in [0.717, 1.165) is 16.8 Å². The number of rotatable bonds is 3. The number of nitrogens with zero attached hydrogens (tertiary/aromatic N) is 3. The molecular weight excluding hydrogens is 510 g/mol. The molecule has 3 heteroatoms. The molecule has 9 aromatic rings. The fourth-order valence-electron chi connectivity index (χ4n) is 6.71.